The van der Waals surface area contributed by atoms with E-state index in [2.05, 4.69) is 26.8 Å². The maximum absolute atomic E-state index is 12.7. The van der Waals surface area contributed by atoms with Crippen LogP contribution in [-0.2, 0) is 6.54 Å². The summed E-state index contributed by atoms with van der Waals surface area (Å²) in [5, 5.41) is 28.2. The van der Waals surface area contributed by atoms with Gasteiger partial charge in [0.1, 0.15) is 0 Å². The Balaban J connectivity index is 1.96. The van der Waals surface area contributed by atoms with E-state index >= 15 is 0 Å². The number of rotatable bonds is 6. The average molecular weight is 411 g/mol. The van der Waals surface area contributed by atoms with E-state index in [0.29, 0.717) is 17.8 Å². The van der Waals surface area contributed by atoms with E-state index in [-0.39, 0.29) is 17.3 Å². The van der Waals surface area contributed by atoms with Crippen molar-refractivity contribution in [3.63, 3.8) is 0 Å². The van der Waals surface area contributed by atoms with Crippen LogP contribution < -0.4 is 16.2 Å². The lowest BCUT2D eigenvalue weighted by atomic mass is 10.0. The molecule has 0 unspecified atom stereocenters. The molecule has 0 saturated carbocycles. The summed E-state index contributed by atoms with van der Waals surface area (Å²) < 4.78 is 1.33. The quantitative estimate of drug-likeness (QED) is 0.584. The Hall–Kier alpha value is -4.43. The van der Waals surface area contributed by atoms with Gasteiger partial charge >= 0.3 is 5.56 Å². The van der Waals surface area contributed by atoms with Crippen LogP contribution in [0, 0.1) is 36.5 Å². The minimum Gasteiger partial charge on any atom is -0.335 e. The molecule has 1 heterocycles. The van der Waals surface area contributed by atoms with E-state index < -0.39 is 0 Å². The van der Waals surface area contributed by atoms with Crippen molar-refractivity contribution in [2.24, 2.45) is 0 Å². The van der Waals surface area contributed by atoms with Gasteiger partial charge in [-0.15, -0.1) is 5.10 Å². The van der Waals surface area contributed by atoms with Gasteiger partial charge < -0.3 is 10.6 Å². The lowest BCUT2D eigenvalue weighted by molar-refractivity contribution is 0.611. The van der Waals surface area contributed by atoms with Gasteiger partial charge in [-0.1, -0.05) is 0 Å². The smallest absolute Gasteiger partial charge is 0.309 e. The van der Waals surface area contributed by atoms with Crippen LogP contribution in [0.1, 0.15) is 29.2 Å². The van der Waals surface area contributed by atoms with Crippen molar-refractivity contribution < 1.29 is 0 Å². The molecule has 154 valence electrons. The molecule has 31 heavy (non-hydrogen) atoms. The predicted octanol–water partition coefficient (Wildman–Crippen LogP) is 4.17. The third-order valence-corrected chi connectivity index (χ3v) is 4.59. The highest BCUT2D eigenvalue weighted by Crippen LogP contribution is 2.25. The van der Waals surface area contributed by atoms with Gasteiger partial charge in [-0.25, -0.2) is 4.68 Å². The molecule has 1 aromatic heterocycles. The molecule has 0 aliphatic rings. The van der Waals surface area contributed by atoms with Crippen LogP contribution in [0.5, 0.6) is 0 Å². The molecular formula is C23H21N7O. The van der Waals surface area contributed by atoms with Gasteiger partial charge in [-0.2, -0.15) is 15.5 Å². The van der Waals surface area contributed by atoms with Gasteiger partial charge in [0.25, 0.3) is 0 Å². The van der Waals surface area contributed by atoms with Gasteiger partial charge in [0.2, 0.25) is 11.8 Å². The molecule has 2 N–H and O–H groups in total. The van der Waals surface area contributed by atoms with Crippen molar-refractivity contribution in [1.29, 1.82) is 10.5 Å². The fourth-order valence-corrected chi connectivity index (χ4v) is 3.11. The number of aromatic nitrogens is 3. The summed E-state index contributed by atoms with van der Waals surface area (Å²) in [5.74, 6) is 0.414. The van der Waals surface area contributed by atoms with E-state index in [9.17, 15) is 4.79 Å². The van der Waals surface area contributed by atoms with Crippen LogP contribution in [0.3, 0.4) is 0 Å². The number of allylic oxidation sites excluding steroid dienone is 1. The molecule has 0 fully saturated rings. The fraction of sp³-hybridized carbons (Fsp3) is 0.174. The Morgan fingerprint density at radius 1 is 1.10 bits per heavy atom. The number of benzene rings is 2. The lowest BCUT2D eigenvalue weighted by Gasteiger charge is -2.15. The highest BCUT2D eigenvalue weighted by molar-refractivity contribution is 5.68. The van der Waals surface area contributed by atoms with E-state index in [0.717, 1.165) is 22.4 Å². The first kappa shape index (κ1) is 21.3. The van der Waals surface area contributed by atoms with Gasteiger partial charge in [-0.05, 0) is 79.9 Å². The largest absolute Gasteiger partial charge is 0.335 e. The molecule has 0 saturated heterocycles. The van der Waals surface area contributed by atoms with Crippen molar-refractivity contribution in [3.05, 3.63) is 75.1 Å². The zero-order valence-corrected chi connectivity index (χ0v) is 17.5. The standard InChI is InChI=1S/C23H21N7O/c1-4-30-22(31)21(26-19-9-7-17(14-25)8-10-19)28-23(29-30)27-20-15(2)12-18(6-5-11-24)13-16(20)3/h5-10,12-13H,4H2,1-3H3,(H2,26,27,28,29)/b6-5+. The minimum absolute atomic E-state index is 0.132. The second-order valence-electron chi connectivity index (χ2n) is 6.84. The molecule has 0 aliphatic heterocycles. The number of hydrogen-bond acceptors (Lipinski definition) is 7. The number of aryl methyl sites for hydroxylation is 3. The lowest BCUT2D eigenvalue weighted by Crippen LogP contribution is -2.27. The Bertz CT molecular complexity index is 1250. The SMILES string of the molecule is CCn1nc(Nc2c(C)cc(/C=C/C#N)cc2C)nc(Nc2ccc(C#N)cc2)c1=O. The Labute approximate surface area is 180 Å². The summed E-state index contributed by atoms with van der Waals surface area (Å²) >= 11 is 0. The number of nitrogens with zero attached hydrogens (tertiary/aromatic N) is 5. The number of hydrogen-bond donors (Lipinski definition) is 2. The Kier molecular flexibility index (Phi) is 6.44. The van der Waals surface area contributed by atoms with Crippen molar-refractivity contribution in [3.8, 4) is 12.1 Å². The highest BCUT2D eigenvalue weighted by Gasteiger charge is 2.12. The van der Waals surface area contributed by atoms with E-state index in [4.69, 9.17) is 10.5 Å². The maximum atomic E-state index is 12.7. The van der Waals surface area contributed by atoms with E-state index in [1.54, 1.807) is 30.3 Å². The van der Waals surface area contributed by atoms with Gasteiger partial charge in [-0.3, -0.25) is 4.79 Å². The molecule has 0 spiro atoms. The third kappa shape index (κ3) is 4.95. The molecule has 3 rings (SSSR count). The van der Waals surface area contributed by atoms with Crippen molar-refractivity contribution >= 4 is 29.2 Å². The van der Waals surface area contributed by atoms with Gasteiger partial charge in [0, 0.05) is 24.0 Å². The second kappa shape index (κ2) is 9.38. The first-order valence-electron chi connectivity index (χ1n) is 9.66. The van der Waals surface area contributed by atoms with Gasteiger partial charge in [0.05, 0.1) is 17.7 Å². The molecule has 0 aliphatic carbocycles. The molecule has 8 heteroatoms. The van der Waals surface area contributed by atoms with Crippen LogP contribution >= 0.6 is 0 Å². The van der Waals surface area contributed by atoms with Crippen LogP contribution in [0.15, 0.2) is 47.3 Å². The van der Waals surface area contributed by atoms with E-state index in [1.807, 2.05) is 39.0 Å². The Morgan fingerprint density at radius 3 is 2.35 bits per heavy atom. The van der Waals surface area contributed by atoms with Gasteiger partial charge in [0.15, 0.2) is 0 Å². The molecule has 0 amide bonds. The normalized spacial score (nSPS) is 10.5. The summed E-state index contributed by atoms with van der Waals surface area (Å²) in [6, 6.07) is 14.7. The maximum Gasteiger partial charge on any atom is 0.309 e. The number of nitrogens with one attached hydrogen (secondary N) is 2. The zero-order valence-electron chi connectivity index (χ0n) is 17.5. The van der Waals surface area contributed by atoms with Crippen LogP contribution in [0.25, 0.3) is 6.08 Å². The molecule has 0 bridgehead atoms. The summed E-state index contributed by atoms with van der Waals surface area (Å²) in [5.41, 5.74) is 4.49. The highest BCUT2D eigenvalue weighted by atomic mass is 16.1. The fourth-order valence-electron chi connectivity index (χ4n) is 3.11. The predicted molar refractivity (Wildman–Crippen MR) is 120 cm³/mol. The second-order valence-corrected chi connectivity index (χ2v) is 6.84. The first-order valence-corrected chi connectivity index (χ1v) is 9.66. The monoisotopic (exact) mass is 411 g/mol. The van der Waals surface area contributed by atoms with Crippen LogP contribution in [0.2, 0.25) is 0 Å². The van der Waals surface area contributed by atoms with E-state index in [1.165, 1.54) is 10.8 Å². The van der Waals surface area contributed by atoms with Crippen molar-refractivity contribution in [1.82, 2.24) is 14.8 Å². The summed E-state index contributed by atoms with van der Waals surface area (Å²) in [6.45, 7) is 6.11. The van der Waals surface area contributed by atoms with Crippen molar-refractivity contribution in [2.45, 2.75) is 27.3 Å². The molecule has 8 nitrogen and oxygen atoms in total. The molecule has 0 atom stereocenters. The molecule has 3 aromatic rings. The summed E-state index contributed by atoms with van der Waals surface area (Å²) in [6.07, 6.45) is 3.18. The van der Waals surface area contributed by atoms with Crippen LogP contribution in [-0.4, -0.2) is 14.8 Å². The Morgan fingerprint density at radius 2 is 1.77 bits per heavy atom. The van der Waals surface area contributed by atoms with Crippen LogP contribution in [0.4, 0.5) is 23.1 Å². The number of anilines is 4. The topological polar surface area (TPSA) is 119 Å². The molecule has 2 aromatic carbocycles. The first-order chi connectivity index (χ1) is 14.9. The summed E-state index contributed by atoms with van der Waals surface area (Å²) in [7, 11) is 0. The number of nitriles is 2. The average Bonchev–Trinajstić information content (AvgIpc) is 2.77. The zero-order chi connectivity index (χ0) is 22.4. The molecular weight excluding hydrogens is 390 g/mol. The minimum atomic E-state index is -0.345. The third-order valence-electron chi connectivity index (χ3n) is 4.59. The molecule has 0 radical (unpaired) electrons. The summed E-state index contributed by atoms with van der Waals surface area (Å²) in [4.78, 5) is 17.1. The van der Waals surface area contributed by atoms with Crippen molar-refractivity contribution in [2.75, 3.05) is 10.6 Å².